The van der Waals surface area contributed by atoms with E-state index in [0.717, 1.165) is 38.5 Å². The molecule has 0 heterocycles. The molecule has 1 aromatic rings. The second-order valence-electron chi connectivity index (χ2n) is 5.91. The smallest absolute Gasteiger partial charge is 0.220 e. The lowest BCUT2D eigenvalue weighted by molar-refractivity contribution is -0.122. The minimum atomic E-state index is -0.125. The Morgan fingerprint density at radius 3 is 2.45 bits per heavy atom. The Bertz CT molecular complexity index is 410. The number of rotatable bonds is 6. The third-order valence-electron chi connectivity index (χ3n) is 4.42. The molecule has 20 heavy (non-hydrogen) atoms. The lowest BCUT2D eigenvalue weighted by Gasteiger charge is -2.31. The zero-order chi connectivity index (χ0) is 14.4. The number of primary amides is 1. The highest BCUT2D eigenvalue weighted by Crippen LogP contribution is 2.24. The Morgan fingerprint density at radius 1 is 1.25 bits per heavy atom. The van der Waals surface area contributed by atoms with Gasteiger partial charge < -0.3 is 11.1 Å². The fourth-order valence-electron chi connectivity index (χ4n) is 3.10. The maximum absolute atomic E-state index is 11.2. The van der Waals surface area contributed by atoms with E-state index in [4.69, 9.17) is 5.73 Å². The first kappa shape index (κ1) is 15.0. The number of carbonyl (C=O) groups excluding carboxylic acids is 1. The molecule has 1 fully saturated rings. The minimum Gasteiger partial charge on any atom is -0.369 e. The molecule has 1 aliphatic rings. The summed E-state index contributed by atoms with van der Waals surface area (Å²) in [7, 11) is 0. The Morgan fingerprint density at radius 2 is 1.90 bits per heavy atom. The molecule has 0 spiro atoms. The first-order chi connectivity index (χ1) is 9.69. The topological polar surface area (TPSA) is 55.1 Å². The molecule has 1 atom stereocenters. The van der Waals surface area contributed by atoms with Crippen molar-refractivity contribution in [3.8, 4) is 0 Å². The summed E-state index contributed by atoms with van der Waals surface area (Å²) in [5.41, 5.74) is 6.77. The Hall–Kier alpha value is -1.35. The molecule has 1 aliphatic carbocycles. The molecule has 3 nitrogen and oxygen atoms in total. The number of benzene rings is 1. The SMILES string of the molecule is CCC(Cc1ccccc1)NC1CCC(C(N)=O)CC1. The molecule has 1 unspecified atom stereocenters. The van der Waals surface area contributed by atoms with Crippen LogP contribution >= 0.6 is 0 Å². The van der Waals surface area contributed by atoms with E-state index in [1.54, 1.807) is 0 Å². The van der Waals surface area contributed by atoms with Crippen molar-refractivity contribution in [3.63, 3.8) is 0 Å². The van der Waals surface area contributed by atoms with Crippen LogP contribution in [0, 0.1) is 5.92 Å². The maximum Gasteiger partial charge on any atom is 0.220 e. The van der Waals surface area contributed by atoms with Gasteiger partial charge in [-0.3, -0.25) is 4.79 Å². The van der Waals surface area contributed by atoms with Gasteiger partial charge in [0.2, 0.25) is 5.91 Å². The van der Waals surface area contributed by atoms with Gasteiger partial charge in [0.25, 0.3) is 0 Å². The van der Waals surface area contributed by atoms with Crippen molar-refractivity contribution in [2.75, 3.05) is 0 Å². The fraction of sp³-hybridized carbons (Fsp3) is 0.588. The van der Waals surface area contributed by atoms with Crippen molar-refractivity contribution in [3.05, 3.63) is 35.9 Å². The maximum atomic E-state index is 11.2. The van der Waals surface area contributed by atoms with Crippen LogP contribution in [0.1, 0.15) is 44.6 Å². The van der Waals surface area contributed by atoms with E-state index in [0.29, 0.717) is 12.1 Å². The zero-order valence-corrected chi connectivity index (χ0v) is 12.3. The summed E-state index contributed by atoms with van der Waals surface area (Å²) in [6.07, 6.45) is 6.22. The number of nitrogens with two attached hydrogens (primary N) is 1. The van der Waals surface area contributed by atoms with Gasteiger partial charge in [0, 0.05) is 18.0 Å². The molecular formula is C17H26N2O. The second kappa shape index (κ2) is 7.44. The molecule has 110 valence electrons. The van der Waals surface area contributed by atoms with Crippen LogP contribution in [0.3, 0.4) is 0 Å². The fourth-order valence-corrected chi connectivity index (χ4v) is 3.10. The summed E-state index contributed by atoms with van der Waals surface area (Å²) in [5, 5.41) is 3.76. The van der Waals surface area contributed by atoms with Crippen LogP contribution in [-0.4, -0.2) is 18.0 Å². The van der Waals surface area contributed by atoms with Gasteiger partial charge in [-0.2, -0.15) is 0 Å². The number of hydrogen-bond donors (Lipinski definition) is 2. The Kier molecular flexibility index (Phi) is 5.60. The van der Waals surface area contributed by atoms with Gasteiger partial charge in [-0.25, -0.2) is 0 Å². The second-order valence-corrected chi connectivity index (χ2v) is 5.91. The average molecular weight is 274 g/mol. The predicted molar refractivity (Wildman–Crippen MR) is 82.3 cm³/mol. The molecule has 3 heteroatoms. The summed E-state index contributed by atoms with van der Waals surface area (Å²) >= 11 is 0. The summed E-state index contributed by atoms with van der Waals surface area (Å²) < 4.78 is 0. The molecule has 1 amide bonds. The third-order valence-corrected chi connectivity index (χ3v) is 4.42. The van der Waals surface area contributed by atoms with Gasteiger partial charge >= 0.3 is 0 Å². The molecule has 0 aliphatic heterocycles. The average Bonchev–Trinajstić information content (AvgIpc) is 2.48. The van der Waals surface area contributed by atoms with Crippen LogP contribution in [0.2, 0.25) is 0 Å². The van der Waals surface area contributed by atoms with Crippen LogP contribution in [0.15, 0.2) is 30.3 Å². The van der Waals surface area contributed by atoms with E-state index in [2.05, 4.69) is 42.6 Å². The van der Waals surface area contributed by atoms with Crippen molar-refractivity contribution in [2.45, 2.75) is 57.5 Å². The van der Waals surface area contributed by atoms with Gasteiger partial charge in [0.1, 0.15) is 0 Å². The van der Waals surface area contributed by atoms with Gasteiger partial charge in [0.15, 0.2) is 0 Å². The van der Waals surface area contributed by atoms with E-state index in [1.165, 1.54) is 5.56 Å². The van der Waals surface area contributed by atoms with Crippen molar-refractivity contribution in [1.82, 2.24) is 5.32 Å². The van der Waals surface area contributed by atoms with Crippen LogP contribution in [0.4, 0.5) is 0 Å². The van der Waals surface area contributed by atoms with Crippen molar-refractivity contribution in [2.24, 2.45) is 11.7 Å². The van der Waals surface area contributed by atoms with Crippen LogP contribution < -0.4 is 11.1 Å². The van der Waals surface area contributed by atoms with E-state index in [-0.39, 0.29) is 11.8 Å². The summed E-state index contributed by atoms with van der Waals surface area (Å²) in [6.45, 7) is 2.23. The largest absolute Gasteiger partial charge is 0.369 e. The lowest BCUT2D eigenvalue weighted by atomic mass is 9.85. The quantitative estimate of drug-likeness (QED) is 0.838. The molecule has 0 aromatic heterocycles. The van der Waals surface area contributed by atoms with Gasteiger partial charge in [0.05, 0.1) is 0 Å². The first-order valence-electron chi connectivity index (χ1n) is 7.78. The van der Waals surface area contributed by atoms with Gasteiger partial charge in [-0.05, 0) is 44.1 Å². The van der Waals surface area contributed by atoms with Crippen molar-refractivity contribution >= 4 is 5.91 Å². The minimum absolute atomic E-state index is 0.0993. The molecule has 3 N–H and O–H groups in total. The Balaban J connectivity index is 1.81. The van der Waals surface area contributed by atoms with Crippen molar-refractivity contribution in [1.29, 1.82) is 0 Å². The molecule has 0 bridgehead atoms. The van der Waals surface area contributed by atoms with Crippen LogP contribution in [0.5, 0.6) is 0 Å². The number of nitrogens with one attached hydrogen (secondary N) is 1. The highest BCUT2D eigenvalue weighted by atomic mass is 16.1. The third kappa shape index (κ3) is 4.34. The highest BCUT2D eigenvalue weighted by molar-refractivity contribution is 5.76. The highest BCUT2D eigenvalue weighted by Gasteiger charge is 2.25. The van der Waals surface area contributed by atoms with E-state index in [1.807, 2.05) is 0 Å². The zero-order valence-electron chi connectivity index (χ0n) is 12.3. The van der Waals surface area contributed by atoms with E-state index >= 15 is 0 Å². The summed E-state index contributed by atoms with van der Waals surface area (Å²) in [4.78, 5) is 11.2. The van der Waals surface area contributed by atoms with Crippen molar-refractivity contribution < 1.29 is 4.79 Å². The van der Waals surface area contributed by atoms with Gasteiger partial charge in [-0.15, -0.1) is 0 Å². The van der Waals surface area contributed by atoms with E-state index in [9.17, 15) is 4.79 Å². The first-order valence-corrected chi connectivity index (χ1v) is 7.78. The molecular weight excluding hydrogens is 248 g/mol. The van der Waals surface area contributed by atoms with Crippen LogP contribution in [0.25, 0.3) is 0 Å². The molecule has 0 saturated heterocycles. The lowest BCUT2D eigenvalue weighted by Crippen LogP contribution is -2.42. The number of carbonyl (C=O) groups is 1. The summed E-state index contributed by atoms with van der Waals surface area (Å²) in [6, 6.07) is 11.7. The molecule has 1 saturated carbocycles. The number of hydrogen-bond acceptors (Lipinski definition) is 2. The molecule has 1 aromatic carbocycles. The monoisotopic (exact) mass is 274 g/mol. The Labute approximate surface area is 121 Å². The van der Waals surface area contributed by atoms with E-state index < -0.39 is 0 Å². The van der Waals surface area contributed by atoms with Crippen LogP contribution in [-0.2, 0) is 11.2 Å². The normalized spacial score (nSPS) is 24.2. The molecule has 0 radical (unpaired) electrons. The van der Waals surface area contributed by atoms with Gasteiger partial charge in [-0.1, -0.05) is 37.3 Å². The number of amides is 1. The summed E-state index contributed by atoms with van der Waals surface area (Å²) in [5.74, 6) is -0.0259. The predicted octanol–water partition coefficient (Wildman–Crippen LogP) is 2.64. The standard InChI is InChI=1S/C17H26N2O/c1-2-15(12-13-6-4-3-5-7-13)19-16-10-8-14(9-11-16)17(18)20/h3-7,14-16,19H,2,8-12H2,1H3,(H2,18,20). The molecule has 2 rings (SSSR count).